The third-order valence-electron chi connectivity index (χ3n) is 14.6. The van der Waals surface area contributed by atoms with Gasteiger partial charge in [0.25, 0.3) is 0 Å². The van der Waals surface area contributed by atoms with E-state index in [2.05, 4.69) is 376 Å². The first kappa shape index (κ1) is 67.7. The Balaban J connectivity index is 1.74. The Morgan fingerprint density at radius 1 is 0.250 bits per heavy atom. The van der Waals surface area contributed by atoms with Crippen LogP contribution in [0.5, 0.6) is 0 Å². The monoisotopic (exact) mass is 1210 g/mol. The smallest absolute Gasteiger partial charge is 0.127 e. The van der Waals surface area contributed by atoms with Crippen LogP contribution in [0.25, 0.3) is 32.7 Å². The topological polar surface area (TPSA) is 0 Å². The highest BCUT2D eigenvalue weighted by Crippen LogP contribution is 2.29. The molecule has 444 valence electrons. The van der Waals surface area contributed by atoms with E-state index in [1.165, 1.54) is 22.3 Å². The predicted octanol–water partition coefficient (Wildman–Crippen LogP) is 18.6. The van der Waals surface area contributed by atoms with Crippen molar-refractivity contribution < 1.29 is 0 Å². The molecule has 88 heavy (non-hydrogen) atoms. The molecule has 0 nitrogen and oxygen atoms in total. The summed E-state index contributed by atoms with van der Waals surface area (Å²) in [4.78, 5) is 0. The fourth-order valence-corrected chi connectivity index (χ4v) is 11.4. The molecule has 0 heterocycles. The average Bonchev–Trinajstić information content (AvgIpc) is 2.43. The summed E-state index contributed by atoms with van der Waals surface area (Å²) in [6.07, 6.45) is 0. The maximum Gasteiger partial charge on any atom is 0.129 e. The van der Waals surface area contributed by atoms with Crippen LogP contribution in [0.1, 0.15) is 150 Å². The molecule has 0 aromatic heterocycles. The maximum atomic E-state index is 3.77. The Kier molecular flexibility index (Phi) is 20.0. The molecule has 7 aromatic carbocycles. The predicted molar refractivity (Wildman–Crippen MR) is 396 cm³/mol. The van der Waals surface area contributed by atoms with Crippen molar-refractivity contribution in [2.24, 2.45) is 0 Å². The van der Waals surface area contributed by atoms with E-state index in [0.29, 0.717) is 11.1 Å². The molecular formula is C84H92Si4. The van der Waals surface area contributed by atoms with Crippen molar-refractivity contribution in [3.8, 4) is 93.2 Å². The van der Waals surface area contributed by atoms with Gasteiger partial charge in [-0.05, 0) is 114 Å². The fraction of sp³-hybridized carbons (Fsp3) is 0.333. The molecule has 0 saturated heterocycles. The van der Waals surface area contributed by atoms with E-state index in [1.807, 2.05) is 0 Å². The van der Waals surface area contributed by atoms with Crippen molar-refractivity contribution in [3.05, 3.63) is 199 Å². The minimum absolute atomic E-state index is 0.0744. The van der Waals surface area contributed by atoms with Gasteiger partial charge in [-0.3, -0.25) is 0 Å². The Hall–Kier alpha value is -7.85. The lowest BCUT2D eigenvalue weighted by atomic mass is 9.85. The molecule has 0 bridgehead atoms. The molecular weight excluding hydrogens is 1120 g/mol. The SMILES string of the molecule is CC(C)(C)c1ccc(C#CC(C#Cc2ccc(C(C)(C)C)cc2C#C[Si](C)(C)C)=c2c3ccccc3c(=C(C#Cc3ccc(C(C)(C)C)cc3C#C[Si](C)(C)C)C#Cc3ccc(C(C)(C)C)cc3C#C[Si](C)(C)C)c3ccccc23)c(C#C[Si](C)(C)C)c1. The summed E-state index contributed by atoms with van der Waals surface area (Å²) in [5.41, 5.74) is 27.8. The molecule has 7 rings (SSSR count). The second kappa shape index (κ2) is 26.1. The summed E-state index contributed by atoms with van der Waals surface area (Å²) >= 11 is 0. The Morgan fingerprint density at radius 3 is 0.614 bits per heavy atom. The first-order valence-electron chi connectivity index (χ1n) is 31.1. The van der Waals surface area contributed by atoms with Crippen LogP contribution in [-0.2, 0) is 21.7 Å². The largest absolute Gasteiger partial charge is 0.129 e. The number of hydrogen-bond acceptors (Lipinski definition) is 0. The van der Waals surface area contributed by atoms with E-state index in [4.69, 9.17) is 0 Å². The second-order valence-electron chi connectivity index (χ2n) is 31.6. The summed E-state index contributed by atoms with van der Waals surface area (Å²) < 4.78 is 0. The van der Waals surface area contributed by atoms with Gasteiger partial charge in [0, 0.05) is 54.9 Å². The fourth-order valence-electron chi connectivity index (χ4n) is 9.41. The highest BCUT2D eigenvalue weighted by Gasteiger charge is 2.21. The van der Waals surface area contributed by atoms with E-state index in [9.17, 15) is 0 Å². The summed E-state index contributed by atoms with van der Waals surface area (Å²) in [7, 11) is -7.05. The van der Waals surface area contributed by atoms with Gasteiger partial charge >= 0.3 is 0 Å². The van der Waals surface area contributed by atoms with Gasteiger partial charge in [0.2, 0.25) is 0 Å². The molecule has 0 fully saturated rings. The molecule has 0 aliphatic carbocycles. The molecule has 0 unspecified atom stereocenters. The summed E-state index contributed by atoms with van der Waals surface area (Å²) in [5.74, 6) is 44.4. The van der Waals surface area contributed by atoms with E-state index in [-0.39, 0.29) is 21.7 Å². The van der Waals surface area contributed by atoms with Crippen molar-refractivity contribution in [3.63, 3.8) is 0 Å². The second-order valence-corrected chi connectivity index (χ2v) is 50.6. The van der Waals surface area contributed by atoms with Crippen LogP contribution < -0.4 is 10.4 Å². The lowest BCUT2D eigenvalue weighted by molar-refractivity contribution is 0.590. The van der Waals surface area contributed by atoms with Gasteiger partial charge in [0.1, 0.15) is 32.3 Å². The molecule has 0 atom stereocenters. The lowest BCUT2D eigenvalue weighted by Gasteiger charge is -2.19. The number of hydrogen-bond donors (Lipinski definition) is 0. The standard InChI is InChI=1S/C84H92Si4/c1-81(2,3)71-45-41-61(67(57-71)49-53-85(13,14)15)33-37-65(38-34-62-42-46-72(82(4,5)6)58-68(62)50-54-86(16,17)18)79-75-29-25-27-31-77(75)80(78-32-28-26-30-76(78)79)66(39-35-63-43-47-73(83(7,8)9)59-69(63)51-55-87(19,20)21)40-36-64-44-48-74(84(10,11)12)60-70(64)52-56-88(22,23)24/h25-32,41-48,57-60H,1-24H3. The Labute approximate surface area is 536 Å². The Morgan fingerprint density at radius 2 is 0.443 bits per heavy atom. The van der Waals surface area contributed by atoms with E-state index < -0.39 is 32.3 Å². The van der Waals surface area contributed by atoms with Gasteiger partial charge in [-0.25, -0.2) is 0 Å². The molecule has 4 heteroatoms. The minimum atomic E-state index is -1.76. The van der Waals surface area contributed by atoms with Crippen LogP contribution in [0.2, 0.25) is 78.6 Å². The zero-order chi connectivity index (χ0) is 65.0. The molecule has 0 N–H and O–H groups in total. The van der Waals surface area contributed by atoms with Crippen molar-refractivity contribution in [2.45, 2.75) is 183 Å². The van der Waals surface area contributed by atoms with E-state index in [1.54, 1.807) is 0 Å². The Bertz CT molecular complexity index is 4010. The normalized spacial score (nSPS) is 11.8. The van der Waals surface area contributed by atoms with Crippen molar-refractivity contribution in [1.29, 1.82) is 0 Å². The number of rotatable bonds is 0. The van der Waals surface area contributed by atoms with Gasteiger partial charge in [0.05, 0.1) is 11.1 Å². The highest BCUT2D eigenvalue weighted by atomic mass is 28.3. The van der Waals surface area contributed by atoms with Crippen LogP contribution in [0.15, 0.2) is 121 Å². The molecule has 0 amide bonds. The van der Waals surface area contributed by atoms with Gasteiger partial charge in [-0.2, -0.15) is 0 Å². The van der Waals surface area contributed by atoms with Crippen molar-refractivity contribution in [2.75, 3.05) is 0 Å². The van der Waals surface area contributed by atoms with Crippen molar-refractivity contribution >= 4 is 65.0 Å². The summed E-state index contributed by atoms with van der Waals surface area (Å²) in [6, 6.07) is 43.7. The third kappa shape index (κ3) is 18.6. The highest BCUT2D eigenvalue weighted by molar-refractivity contribution is 6.85. The molecule has 0 spiro atoms. The third-order valence-corrected chi connectivity index (χ3v) is 18.1. The van der Waals surface area contributed by atoms with Crippen LogP contribution >= 0.6 is 0 Å². The minimum Gasteiger partial charge on any atom is -0.127 e. The van der Waals surface area contributed by atoms with Gasteiger partial charge in [0.15, 0.2) is 0 Å². The average molecular weight is 1210 g/mol. The molecule has 0 radical (unpaired) electrons. The zero-order valence-electron chi connectivity index (χ0n) is 57.5. The molecule has 7 aromatic rings. The summed E-state index contributed by atoms with van der Waals surface area (Å²) in [6.45, 7) is 54.4. The maximum absolute atomic E-state index is 3.77. The first-order chi connectivity index (χ1) is 40.6. The van der Waals surface area contributed by atoms with Gasteiger partial charge in [-0.15, -0.1) is 22.2 Å². The van der Waals surface area contributed by atoms with Gasteiger partial charge in [-0.1, -0.05) is 305 Å². The lowest BCUT2D eigenvalue weighted by Crippen LogP contribution is -2.18. The summed E-state index contributed by atoms with van der Waals surface area (Å²) in [5, 5.41) is 5.86. The van der Waals surface area contributed by atoms with E-state index in [0.717, 1.165) is 76.5 Å². The molecule has 0 aliphatic heterocycles. The van der Waals surface area contributed by atoms with Crippen LogP contribution in [0, 0.1) is 93.2 Å². The quantitative estimate of drug-likeness (QED) is 0.0807. The number of fused-ring (bicyclic) bond motifs is 2. The molecule has 0 aliphatic rings. The zero-order valence-corrected chi connectivity index (χ0v) is 61.5. The van der Waals surface area contributed by atoms with Crippen LogP contribution in [0.3, 0.4) is 0 Å². The van der Waals surface area contributed by atoms with Crippen molar-refractivity contribution in [1.82, 2.24) is 0 Å². The van der Waals surface area contributed by atoms with Crippen LogP contribution in [-0.4, -0.2) is 32.3 Å². The van der Waals surface area contributed by atoms with Gasteiger partial charge < -0.3 is 0 Å². The van der Waals surface area contributed by atoms with E-state index >= 15 is 0 Å². The van der Waals surface area contributed by atoms with Crippen LogP contribution in [0.4, 0.5) is 0 Å². The first-order valence-corrected chi connectivity index (χ1v) is 45.1. The number of benzene rings is 7. The molecule has 0 saturated carbocycles.